The Kier molecular flexibility index (Phi) is 3.85. The van der Waals surface area contributed by atoms with Crippen LogP contribution in [0.15, 0.2) is 24.4 Å². The molecule has 0 aliphatic heterocycles. The van der Waals surface area contributed by atoms with Crippen LogP contribution in [0, 0.1) is 12.7 Å². The summed E-state index contributed by atoms with van der Waals surface area (Å²) in [7, 11) is 0. The van der Waals surface area contributed by atoms with Gasteiger partial charge in [-0.2, -0.15) is 4.98 Å². The first-order chi connectivity index (χ1) is 8.97. The third kappa shape index (κ3) is 3.12. The number of rotatable bonds is 3. The van der Waals surface area contributed by atoms with Crippen LogP contribution in [0.1, 0.15) is 24.1 Å². The molecule has 0 amide bonds. The highest BCUT2D eigenvalue weighted by molar-refractivity contribution is 6.28. The fraction of sp³-hybridized carbons (Fsp3) is 0.231. The van der Waals surface area contributed by atoms with Crippen LogP contribution in [0.2, 0.25) is 5.28 Å². The first-order valence-corrected chi connectivity index (χ1v) is 6.16. The minimum Gasteiger partial charge on any atom is -0.394 e. The Balaban J connectivity index is 2.22. The third-order valence-corrected chi connectivity index (χ3v) is 3.02. The molecule has 1 atom stereocenters. The Morgan fingerprint density at radius 1 is 1.42 bits per heavy atom. The molecular formula is C13H14ClFN4. The Morgan fingerprint density at radius 2 is 2.16 bits per heavy atom. The minimum atomic E-state index is -0.236. The van der Waals surface area contributed by atoms with Crippen LogP contribution in [0.3, 0.4) is 0 Å². The van der Waals surface area contributed by atoms with E-state index < -0.39 is 0 Å². The number of nitrogen functional groups attached to an aromatic ring is 1. The number of nitrogens with one attached hydrogen (secondary N) is 1. The first kappa shape index (κ1) is 13.5. The molecule has 0 radical (unpaired) electrons. The van der Waals surface area contributed by atoms with Crippen molar-refractivity contribution < 1.29 is 4.39 Å². The van der Waals surface area contributed by atoms with E-state index in [1.807, 2.05) is 13.0 Å². The van der Waals surface area contributed by atoms with Gasteiger partial charge in [0.15, 0.2) is 5.82 Å². The molecule has 4 nitrogen and oxygen atoms in total. The van der Waals surface area contributed by atoms with E-state index in [0.29, 0.717) is 17.1 Å². The van der Waals surface area contributed by atoms with E-state index in [1.54, 1.807) is 13.0 Å². The summed E-state index contributed by atoms with van der Waals surface area (Å²) in [5.74, 6) is 0.202. The van der Waals surface area contributed by atoms with E-state index >= 15 is 0 Å². The summed E-state index contributed by atoms with van der Waals surface area (Å²) in [4.78, 5) is 7.78. The quantitative estimate of drug-likeness (QED) is 0.847. The summed E-state index contributed by atoms with van der Waals surface area (Å²) in [6, 6.07) is 4.93. The average molecular weight is 281 g/mol. The zero-order valence-corrected chi connectivity index (χ0v) is 11.4. The van der Waals surface area contributed by atoms with Gasteiger partial charge in [0.05, 0.1) is 17.9 Å². The molecule has 0 saturated carbocycles. The number of aryl methyl sites for hydroxylation is 1. The lowest BCUT2D eigenvalue weighted by molar-refractivity contribution is 0.614. The van der Waals surface area contributed by atoms with Gasteiger partial charge >= 0.3 is 0 Å². The maximum absolute atomic E-state index is 13.5. The van der Waals surface area contributed by atoms with Gasteiger partial charge in [0, 0.05) is 0 Å². The van der Waals surface area contributed by atoms with Gasteiger partial charge in [-0.25, -0.2) is 9.37 Å². The predicted octanol–water partition coefficient (Wildman–Crippen LogP) is 3.33. The molecule has 6 heteroatoms. The van der Waals surface area contributed by atoms with Crippen molar-refractivity contribution in [3.63, 3.8) is 0 Å². The summed E-state index contributed by atoms with van der Waals surface area (Å²) in [5.41, 5.74) is 7.56. The number of nitrogens with zero attached hydrogens (tertiary/aromatic N) is 2. The molecule has 0 fully saturated rings. The standard InChI is InChI=1S/C13H14ClFN4/c1-7-3-4-9(5-10(7)15)8(2)18-12-11(16)6-17-13(14)19-12/h3-6,8H,16H2,1-2H3,(H,17,18,19). The Bertz CT molecular complexity index is 603. The second-order valence-electron chi connectivity index (χ2n) is 4.32. The SMILES string of the molecule is Cc1ccc(C(C)Nc2nc(Cl)ncc2N)cc1F. The number of hydrogen-bond donors (Lipinski definition) is 2. The minimum absolute atomic E-state index is 0.110. The lowest BCUT2D eigenvalue weighted by Crippen LogP contribution is -2.11. The highest BCUT2D eigenvalue weighted by Crippen LogP contribution is 2.23. The summed E-state index contributed by atoms with van der Waals surface area (Å²) in [5, 5.41) is 3.20. The molecule has 1 unspecified atom stereocenters. The smallest absolute Gasteiger partial charge is 0.224 e. The summed E-state index contributed by atoms with van der Waals surface area (Å²) in [6.45, 7) is 3.61. The summed E-state index contributed by atoms with van der Waals surface area (Å²) in [6.07, 6.45) is 1.43. The zero-order chi connectivity index (χ0) is 14.0. The van der Waals surface area contributed by atoms with Crippen molar-refractivity contribution in [2.24, 2.45) is 0 Å². The van der Waals surface area contributed by atoms with Crippen LogP contribution in [-0.4, -0.2) is 9.97 Å². The normalized spacial score (nSPS) is 12.2. The van der Waals surface area contributed by atoms with Gasteiger partial charge in [-0.05, 0) is 42.6 Å². The molecule has 0 aliphatic rings. The van der Waals surface area contributed by atoms with Gasteiger partial charge in [-0.3, -0.25) is 0 Å². The van der Waals surface area contributed by atoms with Crippen molar-refractivity contribution in [3.8, 4) is 0 Å². The predicted molar refractivity (Wildman–Crippen MR) is 74.6 cm³/mol. The lowest BCUT2D eigenvalue weighted by atomic mass is 10.1. The number of anilines is 2. The molecule has 0 aliphatic carbocycles. The van der Waals surface area contributed by atoms with E-state index in [4.69, 9.17) is 17.3 Å². The van der Waals surface area contributed by atoms with E-state index in [0.717, 1.165) is 5.56 Å². The van der Waals surface area contributed by atoms with Crippen molar-refractivity contribution in [2.45, 2.75) is 19.9 Å². The van der Waals surface area contributed by atoms with E-state index in [9.17, 15) is 4.39 Å². The fourth-order valence-corrected chi connectivity index (χ4v) is 1.79. The van der Waals surface area contributed by atoms with Crippen LogP contribution in [0.25, 0.3) is 0 Å². The number of nitrogens with two attached hydrogens (primary N) is 1. The van der Waals surface area contributed by atoms with E-state index in [-0.39, 0.29) is 17.1 Å². The van der Waals surface area contributed by atoms with Crippen molar-refractivity contribution >= 4 is 23.1 Å². The molecule has 2 rings (SSSR count). The largest absolute Gasteiger partial charge is 0.394 e. The van der Waals surface area contributed by atoms with Crippen molar-refractivity contribution in [1.82, 2.24) is 9.97 Å². The maximum atomic E-state index is 13.5. The van der Waals surface area contributed by atoms with Crippen LogP contribution in [-0.2, 0) is 0 Å². The fourth-order valence-electron chi connectivity index (χ4n) is 1.65. The van der Waals surface area contributed by atoms with Gasteiger partial charge < -0.3 is 11.1 Å². The molecule has 3 N–H and O–H groups in total. The second kappa shape index (κ2) is 5.40. The second-order valence-corrected chi connectivity index (χ2v) is 4.66. The van der Waals surface area contributed by atoms with Crippen molar-refractivity contribution in [2.75, 3.05) is 11.1 Å². The van der Waals surface area contributed by atoms with Crippen molar-refractivity contribution in [1.29, 1.82) is 0 Å². The molecule has 2 aromatic rings. The van der Waals surface area contributed by atoms with Crippen LogP contribution in [0.4, 0.5) is 15.9 Å². The lowest BCUT2D eigenvalue weighted by Gasteiger charge is -2.16. The zero-order valence-electron chi connectivity index (χ0n) is 10.6. The molecule has 100 valence electrons. The molecule has 0 saturated heterocycles. The topological polar surface area (TPSA) is 63.8 Å². The van der Waals surface area contributed by atoms with Gasteiger partial charge in [0.2, 0.25) is 5.28 Å². The Morgan fingerprint density at radius 3 is 2.84 bits per heavy atom. The highest BCUT2D eigenvalue weighted by atomic mass is 35.5. The maximum Gasteiger partial charge on any atom is 0.224 e. The monoisotopic (exact) mass is 280 g/mol. The number of aromatic nitrogens is 2. The summed E-state index contributed by atoms with van der Waals surface area (Å²) < 4.78 is 13.5. The van der Waals surface area contributed by atoms with Crippen molar-refractivity contribution in [3.05, 3.63) is 46.6 Å². The van der Waals surface area contributed by atoms with Gasteiger partial charge in [-0.1, -0.05) is 12.1 Å². The molecule has 19 heavy (non-hydrogen) atoms. The van der Waals surface area contributed by atoms with Gasteiger partial charge in [-0.15, -0.1) is 0 Å². The molecule has 1 aromatic carbocycles. The third-order valence-electron chi connectivity index (χ3n) is 2.84. The van der Waals surface area contributed by atoms with E-state index in [2.05, 4.69) is 15.3 Å². The highest BCUT2D eigenvalue weighted by Gasteiger charge is 2.11. The molecule has 0 bridgehead atoms. The first-order valence-electron chi connectivity index (χ1n) is 5.78. The van der Waals surface area contributed by atoms with E-state index in [1.165, 1.54) is 12.3 Å². The van der Waals surface area contributed by atoms with Gasteiger partial charge in [0.1, 0.15) is 5.82 Å². The summed E-state index contributed by atoms with van der Waals surface area (Å²) >= 11 is 5.71. The Labute approximate surface area is 115 Å². The average Bonchev–Trinajstić information content (AvgIpc) is 2.37. The molecular weight excluding hydrogens is 267 g/mol. The van der Waals surface area contributed by atoms with Crippen LogP contribution >= 0.6 is 11.6 Å². The number of benzene rings is 1. The number of halogens is 2. The van der Waals surface area contributed by atoms with Gasteiger partial charge in [0.25, 0.3) is 0 Å². The molecule has 1 aromatic heterocycles. The Hall–Kier alpha value is -1.88. The molecule has 0 spiro atoms. The van der Waals surface area contributed by atoms with Crippen LogP contribution in [0.5, 0.6) is 0 Å². The van der Waals surface area contributed by atoms with Crippen LogP contribution < -0.4 is 11.1 Å². The molecule has 1 heterocycles. The number of hydrogen-bond acceptors (Lipinski definition) is 4.